The van der Waals surface area contributed by atoms with E-state index in [4.69, 9.17) is 5.11 Å². The van der Waals surface area contributed by atoms with Crippen molar-refractivity contribution in [3.8, 4) is 0 Å². The van der Waals surface area contributed by atoms with Gasteiger partial charge in [-0.15, -0.1) is 0 Å². The Balaban J connectivity index is 3.05. The molecule has 1 aromatic heterocycles. The van der Waals surface area contributed by atoms with Gasteiger partial charge in [0.1, 0.15) is 11.9 Å². The van der Waals surface area contributed by atoms with Crippen LogP contribution in [0.25, 0.3) is 0 Å². The van der Waals surface area contributed by atoms with Crippen molar-refractivity contribution in [3.63, 3.8) is 0 Å². The average molecular weight is 140 g/mol. The fourth-order valence-corrected chi connectivity index (χ4v) is 0.902. The van der Waals surface area contributed by atoms with Gasteiger partial charge in [-0.25, -0.2) is 4.98 Å². The van der Waals surface area contributed by atoms with Gasteiger partial charge in [0, 0.05) is 18.9 Å². The maximum atomic E-state index is 9.13. The summed E-state index contributed by atoms with van der Waals surface area (Å²) in [5, 5.41) is 9.13. The predicted octanol–water partition coefficient (Wildman–Crippen LogP) is 0.782. The molecule has 0 amide bonds. The van der Waals surface area contributed by atoms with Gasteiger partial charge in [-0.2, -0.15) is 0 Å². The minimum Gasteiger partial charge on any atom is -0.385 e. The van der Waals surface area contributed by atoms with Crippen molar-refractivity contribution >= 4 is 0 Å². The molecule has 1 atom stereocenters. The van der Waals surface area contributed by atoms with E-state index in [2.05, 4.69) is 4.98 Å². The predicted molar refractivity (Wildman–Crippen MR) is 38.6 cm³/mol. The van der Waals surface area contributed by atoms with Crippen molar-refractivity contribution in [2.24, 2.45) is 7.05 Å². The van der Waals surface area contributed by atoms with E-state index in [1.807, 2.05) is 18.5 Å². The molecule has 1 aromatic rings. The van der Waals surface area contributed by atoms with Crippen LogP contribution < -0.4 is 0 Å². The molecule has 1 heterocycles. The van der Waals surface area contributed by atoms with Crippen LogP contribution in [0.4, 0.5) is 0 Å². The van der Waals surface area contributed by atoms with Gasteiger partial charge in [0.15, 0.2) is 0 Å². The first-order chi connectivity index (χ1) is 4.63. The van der Waals surface area contributed by atoms with Crippen LogP contribution in [0.3, 0.4) is 0 Å². The van der Waals surface area contributed by atoms with Gasteiger partial charge in [0.2, 0.25) is 0 Å². The summed E-state index contributed by atoms with van der Waals surface area (Å²) in [6, 6.07) is 0. The highest BCUT2D eigenvalue weighted by molar-refractivity contribution is 5.03. The molecule has 56 valence electrons. The minimum atomic E-state index is -0.473. The van der Waals surface area contributed by atoms with E-state index in [0.29, 0.717) is 0 Å². The second-order valence-corrected chi connectivity index (χ2v) is 2.49. The highest BCUT2D eigenvalue weighted by Crippen LogP contribution is 2.09. The zero-order valence-corrected chi connectivity index (χ0v) is 6.50. The first-order valence-electron chi connectivity index (χ1n) is 3.29. The molecule has 0 aromatic carbocycles. The van der Waals surface area contributed by atoms with Crippen molar-refractivity contribution in [1.29, 1.82) is 0 Å². The summed E-state index contributed by atoms with van der Waals surface area (Å²) >= 11 is 0. The minimum absolute atomic E-state index is 0.473. The molecule has 0 aliphatic rings. The molecule has 0 saturated heterocycles. The number of hydrogen-bond donors (Lipinski definition) is 1. The molecule has 0 radical (unpaired) electrons. The van der Waals surface area contributed by atoms with E-state index in [9.17, 15) is 0 Å². The summed E-state index contributed by atoms with van der Waals surface area (Å²) < 4.78 is 1.88. The number of imidazole rings is 1. The summed E-state index contributed by atoms with van der Waals surface area (Å²) in [7, 11) is 1.89. The number of nitrogens with zero attached hydrogens (tertiary/aromatic N) is 2. The Bertz CT molecular complexity index is 228. The Labute approximate surface area is 60.3 Å². The summed E-state index contributed by atoms with van der Waals surface area (Å²) in [4.78, 5) is 4.03. The third-order valence-electron chi connectivity index (χ3n) is 1.63. The fourth-order valence-electron chi connectivity index (χ4n) is 0.902. The number of aliphatic hydroxyl groups is 1. The third kappa shape index (κ3) is 1.04. The normalized spacial score (nSPS) is 13.6. The molecular weight excluding hydrogens is 128 g/mol. The van der Waals surface area contributed by atoms with Crippen LogP contribution in [0.2, 0.25) is 0 Å². The van der Waals surface area contributed by atoms with E-state index in [1.54, 1.807) is 13.1 Å². The number of aliphatic hydroxyl groups excluding tert-OH is 1. The van der Waals surface area contributed by atoms with Crippen LogP contribution in [-0.2, 0) is 7.05 Å². The summed E-state index contributed by atoms with van der Waals surface area (Å²) in [5.41, 5.74) is 1.07. The van der Waals surface area contributed by atoms with Crippen LogP contribution in [0, 0.1) is 6.92 Å². The summed E-state index contributed by atoms with van der Waals surface area (Å²) in [6.07, 6.45) is 1.28. The molecule has 10 heavy (non-hydrogen) atoms. The van der Waals surface area contributed by atoms with Crippen molar-refractivity contribution in [1.82, 2.24) is 9.55 Å². The van der Waals surface area contributed by atoms with Crippen LogP contribution in [0.15, 0.2) is 6.20 Å². The highest BCUT2D eigenvalue weighted by Gasteiger charge is 2.07. The van der Waals surface area contributed by atoms with Gasteiger partial charge in [-0.1, -0.05) is 0 Å². The molecule has 0 bridgehead atoms. The maximum absolute atomic E-state index is 9.13. The first-order valence-corrected chi connectivity index (χ1v) is 3.29. The van der Waals surface area contributed by atoms with E-state index < -0.39 is 6.10 Å². The van der Waals surface area contributed by atoms with Crippen molar-refractivity contribution in [2.45, 2.75) is 20.0 Å². The van der Waals surface area contributed by atoms with E-state index in [0.717, 1.165) is 11.5 Å². The molecule has 0 fully saturated rings. The molecule has 3 nitrogen and oxygen atoms in total. The number of aromatic nitrogens is 2. The molecule has 1 rings (SSSR count). The lowest BCUT2D eigenvalue weighted by Gasteiger charge is -2.04. The Morgan fingerprint density at radius 3 is 2.50 bits per heavy atom. The number of rotatable bonds is 1. The second kappa shape index (κ2) is 2.42. The zero-order valence-electron chi connectivity index (χ0n) is 6.50. The molecule has 1 N–H and O–H groups in total. The van der Waals surface area contributed by atoms with Gasteiger partial charge in [-0.3, -0.25) is 0 Å². The molecule has 1 unspecified atom stereocenters. The lowest BCUT2D eigenvalue weighted by Crippen LogP contribution is -2.02. The van der Waals surface area contributed by atoms with Gasteiger partial charge < -0.3 is 9.67 Å². The van der Waals surface area contributed by atoms with Crippen LogP contribution in [0.5, 0.6) is 0 Å². The number of aryl methyl sites for hydroxylation is 1. The maximum Gasteiger partial charge on any atom is 0.137 e. The number of hydrogen-bond acceptors (Lipinski definition) is 2. The van der Waals surface area contributed by atoms with Crippen LogP contribution in [0.1, 0.15) is 24.5 Å². The topological polar surface area (TPSA) is 38.1 Å². The smallest absolute Gasteiger partial charge is 0.137 e. The zero-order chi connectivity index (χ0) is 7.72. The van der Waals surface area contributed by atoms with Crippen molar-refractivity contribution in [2.75, 3.05) is 0 Å². The summed E-state index contributed by atoms with van der Waals surface area (Å²) in [6.45, 7) is 3.67. The Morgan fingerprint density at radius 1 is 1.70 bits per heavy atom. The first kappa shape index (κ1) is 7.28. The molecular formula is C7H12N2O. The quantitative estimate of drug-likeness (QED) is 0.626. The monoisotopic (exact) mass is 140 g/mol. The van der Waals surface area contributed by atoms with Gasteiger partial charge in [-0.05, 0) is 13.8 Å². The SMILES string of the molecule is Cc1cnc(C(C)O)n1C. The third-order valence-corrected chi connectivity index (χ3v) is 1.63. The van der Waals surface area contributed by atoms with E-state index in [-0.39, 0.29) is 0 Å². The van der Waals surface area contributed by atoms with Gasteiger partial charge in [0.25, 0.3) is 0 Å². The van der Waals surface area contributed by atoms with Gasteiger partial charge >= 0.3 is 0 Å². The van der Waals surface area contributed by atoms with E-state index >= 15 is 0 Å². The lowest BCUT2D eigenvalue weighted by atomic mass is 10.4. The average Bonchev–Trinajstić information content (AvgIpc) is 2.14. The largest absolute Gasteiger partial charge is 0.385 e. The Hall–Kier alpha value is -0.830. The lowest BCUT2D eigenvalue weighted by molar-refractivity contribution is 0.185. The van der Waals surface area contributed by atoms with Crippen molar-refractivity contribution in [3.05, 3.63) is 17.7 Å². The Kier molecular flexibility index (Phi) is 1.76. The summed E-state index contributed by atoms with van der Waals surface area (Å²) in [5.74, 6) is 0.720. The highest BCUT2D eigenvalue weighted by atomic mass is 16.3. The molecule has 0 spiro atoms. The molecule has 0 aliphatic carbocycles. The fraction of sp³-hybridized carbons (Fsp3) is 0.571. The van der Waals surface area contributed by atoms with Crippen molar-refractivity contribution < 1.29 is 5.11 Å². The Morgan fingerprint density at radius 2 is 2.30 bits per heavy atom. The van der Waals surface area contributed by atoms with Crippen LogP contribution >= 0.6 is 0 Å². The standard InChI is InChI=1S/C7H12N2O/c1-5-4-8-7(6(2)10)9(5)3/h4,6,10H,1-3H3. The van der Waals surface area contributed by atoms with Gasteiger partial charge in [0.05, 0.1) is 0 Å². The molecule has 0 aliphatic heterocycles. The second-order valence-electron chi connectivity index (χ2n) is 2.49. The molecule has 3 heteroatoms. The molecule has 0 saturated carbocycles. The van der Waals surface area contributed by atoms with Crippen LogP contribution in [-0.4, -0.2) is 14.7 Å². The van der Waals surface area contributed by atoms with E-state index in [1.165, 1.54) is 0 Å².